The zero-order chi connectivity index (χ0) is 12.3. The molecule has 0 spiro atoms. The van der Waals surface area contributed by atoms with Gasteiger partial charge in [-0.1, -0.05) is 29.9 Å². The van der Waals surface area contributed by atoms with Gasteiger partial charge < -0.3 is 11.1 Å². The summed E-state index contributed by atoms with van der Waals surface area (Å²) in [5.74, 6) is -1.35. The molecule has 3 nitrogen and oxygen atoms in total. The Kier molecular flexibility index (Phi) is 4.20. The topological polar surface area (TPSA) is 55.1 Å². The van der Waals surface area contributed by atoms with Crippen molar-refractivity contribution in [3.8, 4) is 0 Å². The molecule has 0 aliphatic rings. The second-order valence-electron chi connectivity index (χ2n) is 3.20. The van der Waals surface area contributed by atoms with Gasteiger partial charge in [-0.05, 0) is 19.1 Å². The van der Waals surface area contributed by atoms with Crippen LogP contribution < -0.4 is 11.1 Å². The lowest BCUT2D eigenvalue weighted by Gasteiger charge is -2.12. The Morgan fingerprint density at radius 2 is 2.25 bits per heavy atom. The molecule has 0 saturated heterocycles. The Bertz CT molecular complexity index is 439. The molecule has 1 aromatic rings. The minimum absolute atomic E-state index is 0.101. The summed E-state index contributed by atoms with van der Waals surface area (Å²) in [5.41, 5.74) is 5.20. The van der Waals surface area contributed by atoms with Crippen molar-refractivity contribution in [2.75, 3.05) is 0 Å². The number of carbonyl (C=O) groups excluding carboxylic acids is 1. The summed E-state index contributed by atoms with van der Waals surface area (Å²) in [4.78, 5) is 11.7. The van der Waals surface area contributed by atoms with Gasteiger partial charge in [-0.25, -0.2) is 4.39 Å². The maximum Gasteiger partial charge on any atom is 0.254 e. The predicted molar refractivity (Wildman–Crippen MR) is 65.1 cm³/mol. The fourth-order valence-corrected chi connectivity index (χ4v) is 1.26. The molecule has 1 aromatic carbocycles. The molecule has 0 radical (unpaired) electrons. The Labute approximate surface area is 103 Å². The van der Waals surface area contributed by atoms with Gasteiger partial charge in [0.15, 0.2) is 5.82 Å². The highest BCUT2D eigenvalue weighted by molar-refractivity contribution is 7.80. The average Bonchev–Trinajstić information content (AvgIpc) is 2.21. The smallest absolute Gasteiger partial charge is 0.254 e. The van der Waals surface area contributed by atoms with Gasteiger partial charge in [0.25, 0.3) is 5.91 Å². The first-order chi connectivity index (χ1) is 7.43. The number of carbonyl (C=O) groups is 1. The van der Waals surface area contributed by atoms with E-state index in [-0.39, 0.29) is 15.6 Å². The molecule has 0 bridgehead atoms. The van der Waals surface area contributed by atoms with Crippen LogP contribution in [0.4, 0.5) is 4.39 Å². The minimum atomic E-state index is -0.753. The van der Waals surface area contributed by atoms with E-state index in [1.807, 2.05) is 0 Å². The maximum absolute atomic E-state index is 13.4. The number of hydrogen-bond donors (Lipinski definition) is 2. The first-order valence-electron chi connectivity index (χ1n) is 4.47. The van der Waals surface area contributed by atoms with Gasteiger partial charge in [-0.3, -0.25) is 4.79 Å². The van der Waals surface area contributed by atoms with Crippen LogP contribution in [0.15, 0.2) is 18.2 Å². The largest absolute Gasteiger partial charge is 0.392 e. The minimum Gasteiger partial charge on any atom is -0.392 e. The Morgan fingerprint density at radius 3 is 2.81 bits per heavy atom. The van der Waals surface area contributed by atoms with Gasteiger partial charge in [0, 0.05) is 0 Å². The highest BCUT2D eigenvalue weighted by Crippen LogP contribution is 2.17. The molecule has 1 rings (SSSR count). The van der Waals surface area contributed by atoms with Crippen molar-refractivity contribution < 1.29 is 9.18 Å². The monoisotopic (exact) mass is 260 g/mol. The van der Waals surface area contributed by atoms with Gasteiger partial charge >= 0.3 is 0 Å². The van der Waals surface area contributed by atoms with Crippen LogP contribution in [0.3, 0.4) is 0 Å². The van der Waals surface area contributed by atoms with E-state index in [2.05, 4.69) is 17.5 Å². The average molecular weight is 261 g/mol. The van der Waals surface area contributed by atoms with Crippen LogP contribution in [0, 0.1) is 5.82 Å². The number of rotatable bonds is 3. The predicted octanol–water partition coefficient (Wildman–Crippen LogP) is 1.88. The summed E-state index contributed by atoms with van der Waals surface area (Å²) in [7, 11) is 0. The summed E-state index contributed by atoms with van der Waals surface area (Å²) in [6.07, 6.45) is 0. The van der Waals surface area contributed by atoms with Crippen molar-refractivity contribution in [1.82, 2.24) is 5.32 Å². The van der Waals surface area contributed by atoms with Crippen LogP contribution in [-0.2, 0) is 0 Å². The van der Waals surface area contributed by atoms with Crippen molar-refractivity contribution in [3.05, 3.63) is 34.6 Å². The lowest BCUT2D eigenvalue weighted by Crippen LogP contribution is -2.41. The van der Waals surface area contributed by atoms with Crippen LogP contribution in [0.5, 0.6) is 0 Å². The van der Waals surface area contributed by atoms with E-state index in [1.54, 1.807) is 6.92 Å². The molecule has 1 amide bonds. The standard InChI is InChI=1S/C10H10ClFN2OS/c1-5(9(13)16)14-10(15)6-3-2-4-7(11)8(6)12/h2-5H,1H3,(H2,13,16)(H,14,15). The van der Waals surface area contributed by atoms with E-state index in [0.29, 0.717) is 0 Å². The second-order valence-corrected chi connectivity index (χ2v) is 4.08. The van der Waals surface area contributed by atoms with Gasteiger partial charge in [0.1, 0.15) is 0 Å². The first-order valence-corrected chi connectivity index (χ1v) is 5.26. The molecule has 6 heteroatoms. The fourth-order valence-electron chi connectivity index (χ4n) is 1.02. The Morgan fingerprint density at radius 1 is 1.62 bits per heavy atom. The Hall–Kier alpha value is -1.20. The van der Waals surface area contributed by atoms with E-state index in [1.165, 1.54) is 18.2 Å². The number of nitrogens with one attached hydrogen (secondary N) is 1. The number of nitrogens with two attached hydrogens (primary N) is 1. The summed E-state index contributed by atoms with van der Waals surface area (Å²) in [6.45, 7) is 1.61. The summed E-state index contributed by atoms with van der Waals surface area (Å²) >= 11 is 10.2. The molecule has 0 fully saturated rings. The van der Waals surface area contributed by atoms with E-state index in [4.69, 9.17) is 17.3 Å². The quantitative estimate of drug-likeness (QED) is 0.816. The molecule has 0 aromatic heterocycles. The van der Waals surface area contributed by atoms with Crippen molar-refractivity contribution in [2.45, 2.75) is 13.0 Å². The summed E-state index contributed by atoms with van der Waals surface area (Å²) in [6, 6.07) is 3.69. The van der Waals surface area contributed by atoms with Gasteiger partial charge in [0.2, 0.25) is 0 Å². The van der Waals surface area contributed by atoms with Gasteiger partial charge in [-0.2, -0.15) is 0 Å². The van der Waals surface area contributed by atoms with E-state index in [0.717, 1.165) is 0 Å². The Balaban J connectivity index is 2.89. The van der Waals surface area contributed by atoms with Crippen molar-refractivity contribution in [2.24, 2.45) is 5.73 Å². The molecule has 1 atom stereocenters. The third-order valence-corrected chi connectivity index (χ3v) is 2.62. The summed E-state index contributed by atoms with van der Waals surface area (Å²) in [5, 5.41) is 2.36. The fraction of sp³-hybridized carbons (Fsp3) is 0.200. The molecule has 16 heavy (non-hydrogen) atoms. The zero-order valence-electron chi connectivity index (χ0n) is 8.46. The highest BCUT2D eigenvalue weighted by Gasteiger charge is 2.16. The molecule has 0 heterocycles. The van der Waals surface area contributed by atoms with Crippen LogP contribution in [0.2, 0.25) is 5.02 Å². The van der Waals surface area contributed by atoms with Gasteiger partial charge in [0.05, 0.1) is 21.6 Å². The maximum atomic E-state index is 13.4. The van der Waals surface area contributed by atoms with Crippen LogP contribution in [0.1, 0.15) is 17.3 Å². The number of hydrogen-bond acceptors (Lipinski definition) is 2. The highest BCUT2D eigenvalue weighted by atomic mass is 35.5. The summed E-state index contributed by atoms with van der Waals surface area (Å²) < 4.78 is 13.4. The lowest BCUT2D eigenvalue weighted by molar-refractivity contribution is 0.0945. The zero-order valence-corrected chi connectivity index (χ0v) is 10.0. The van der Waals surface area contributed by atoms with Crippen molar-refractivity contribution in [1.29, 1.82) is 0 Å². The normalized spacial score (nSPS) is 11.9. The molecule has 1 unspecified atom stereocenters. The molecule has 0 aliphatic heterocycles. The molecular weight excluding hydrogens is 251 g/mol. The van der Waals surface area contributed by atoms with Gasteiger partial charge in [-0.15, -0.1) is 0 Å². The second kappa shape index (κ2) is 5.23. The number of thiocarbonyl (C=S) groups is 1. The molecular formula is C10H10ClFN2OS. The van der Waals surface area contributed by atoms with Crippen LogP contribution in [0.25, 0.3) is 0 Å². The first kappa shape index (κ1) is 12.9. The van der Waals surface area contributed by atoms with Crippen LogP contribution in [-0.4, -0.2) is 16.9 Å². The lowest BCUT2D eigenvalue weighted by atomic mass is 10.2. The third-order valence-electron chi connectivity index (χ3n) is 1.97. The van der Waals surface area contributed by atoms with E-state index in [9.17, 15) is 9.18 Å². The number of benzene rings is 1. The molecule has 3 N–H and O–H groups in total. The SMILES string of the molecule is CC(NC(=O)c1cccc(Cl)c1F)C(N)=S. The number of amides is 1. The molecule has 86 valence electrons. The van der Waals surface area contributed by atoms with E-state index < -0.39 is 17.8 Å². The number of halogens is 2. The van der Waals surface area contributed by atoms with Crippen molar-refractivity contribution >= 4 is 34.7 Å². The van der Waals surface area contributed by atoms with E-state index >= 15 is 0 Å². The molecule has 0 saturated carbocycles. The van der Waals surface area contributed by atoms with Crippen molar-refractivity contribution in [3.63, 3.8) is 0 Å². The third kappa shape index (κ3) is 2.90. The van der Waals surface area contributed by atoms with Crippen LogP contribution >= 0.6 is 23.8 Å². The molecule has 0 aliphatic carbocycles.